The van der Waals surface area contributed by atoms with Gasteiger partial charge in [-0.25, -0.2) is 4.79 Å². The Morgan fingerprint density at radius 3 is 2.32 bits per heavy atom. The molecule has 1 aliphatic heterocycles. The summed E-state index contributed by atoms with van der Waals surface area (Å²) < 4.78 is 0. The van der Waals surface area contributed by atoms with Gasteiger partial charge in [-0.2, -0.15) is 0 Å². The predicted molar refractivity (Wildman–Crippen MR) is 101 cm³/mol. The maximum absolute atomic E-state index is 12.0. The van der Waals surface area contributed by atoms with Gasteiger partial charge in [-0.3, -0.25) is 0 Å². The van der Waals surface area contributed by atoms with Crippen molar-refractivity contribution in [1.82, 2.24) is 10.4 Å². The van der Waals surface area contributed by atoms with Gasteiger partial charge in [0.15, 0.2) is 0 Å². The molecule has 0 spiro atoms. The van der Waals surface area contributed by atoms with Crippen LogP contribution in [-0.4, -0.2) is 17.7 Å². The highest BCUT2D eigenvalue weighted by atomic mass is 16.7. The zero-order valence-corrected chi connectivity index (χ0v) is 15.1. The summed E-state index contributed by atoms with van der Waals surface area (Å²) in [5.74, 6) is 0. The molecular weight excluding hydrogens is 312 g/mol. The van der Waals surface area contributed by atoms with Crippen molar-refractivity contribution >= 4 is 16.9 Å². The normalized spacial score (nSPS) is 13.8. The van der Waals surface area contributed by atoms with Crippen molar-refractivity contribution in [2.75, 3.05) is 6.54 Å². The molecule has 0 radical (unpaired) electrons. The molecule has 0 aromatic heterocycles. The molecule has 4 nitrogen and oxygen atoms in total. The molecule has 2 aromatic rings. The lowest BCUT2D eigenvalue weighted by atomic mass is 9.96. The van der Waals surface area contributed by atoms with Crippen molar-refractivity contribution in [3.05, 3.63) is 47.5 Å². The molecule has 0 saturated heterocycles. The average Bonchev–Trinajstić information content (AvgIpc) is 2.61. The molecule has 1 N–H and O–H groups in total. The van der Waals surface area contributed by atoms with Crippen LogP contribution in [0.3, 0.4) is 0 Å². The Labute approximate surface area is 150 Å². The molecule has 1 amide bonds. The van der Waals surface area contributed by atoms with Crippen molar-refractivity contribution in [2.45, 2.75) is 58.5 Å². The number of carbonyl (C=O) groups is 1. The summed E-state index contributed by atoms with van der Waals surface area (Å²) in [7, 11) is 0. The zero-order chi connectivity index (χ0) is 17.5. The second-order valence-electron chi connectivity index (χ2n) is 6.80. The summed E-state index contributed by atoms with van der Waals surface area (Å²) in [6, 6.07) is 12.6. The lowest BCUT2D eigenvalue weighted by molar-refractivity contribution is -0.116. The minimum atomic E-state index is -0.347. The lowest BCUT2D eigenvalue weighted by Gasteiger charge is -2.27. The van der Waals surface area contributed by atoms with Crippen molar-refractivity contribution < 1.29 is 9.63 Å². The Morgan fingerprint density at radius 1 is 1.00 bits per heavy atom. The number of rotatable bonds is 8. The fraction of sp³-hybridized carbons (Fsp3) is 0.476. The summed E-state index contributed by atoms with van der Waals surface area (Å²) in [6.07, 6.45) is 6.94. The van der Waals surface area contributed by atoms with Gasteiger partial charge in [0.05, 0.1) is 13.1 Å². The first kappa shape index (κ1) is 17.7. The third-order valence-electron chi connectivity index (χ3n) is 4.78. The Kier molecular flexibility index (Phi) is 6.29. The first-order valence-corrected chi connectivity index (χ1v) is 9.48. The summed E-state index contributed by atoms with van der Waals surface area (Å²) in [5, 5.41) is 7.17. The van der Waals surface area contributed by atoms with E-state index in [1.165, 1.54) is 54.0 Å². The smallest absolute Gasteiger partial charge is 0.350 e. The third-order valence-corrected chi connectivity index (χ3v) is 4.78. The number of hydrogen-bond acceptors (Lipinski definition) is 3. The van der Waals surface area contributed by atoms with Crippen LogP contribution in [0.2, 0.25) is 0 Å². The first-order valence-electron chi connectivity index (χ1n) is 9.48. The van der Waals surface area contributed by atoms with Gasteiger partial charge in [-0.1, -0.05) is 75.4 Å². The molecule has 0 bridgehead atoms. The minimum absolute atomic E-state index is 0.347. The van der Waals surface area contributed by atoms with Crippen LogP contribution >= 0.6 is 0 Å². The molecular formula is C21H28N2O2. The molecule has 0 saturated carbocycles. The number of nitrogens with one attached hydrogen (secondary N) is 1. The van der Waals surface area contributed by atoms with Gasteiger partial charge in [0.25, 0.3) is 0 Å². The average molecular weight is 340 g/mol. The highest BCUT2D eigenvalue weighted by molar-refractivity contribution is 5.89. The highest BCUT2D eigenvalue weighted by Gasteiger charge is 2.21. The molecule has 1 heterocycles. The van der Waals surface area contributed by atoms with Gasteiger partial charge in [0.2, 0.25) is 0 Å². The zero-order valence-electron chi connectivity index (χ0n) is 15.1. The van der Waals surface area contributed by atoms with E-state index in [0.717, 1.165) is 6.42 Å². The summed E-state index contributed by atoms with van der Waals surface area (Å²) in [4.78, 5) is 17.5. The van der Waals surface area contributed by atoms with Crippen molar-refractivity contribution in [1.29, 1.82) is 0 Å². The number of benzene rings is 2. The van der Waals surface area contributed by atoms with Crippen molar-refractivity contribution in [2.24, 2.45) is 0 Å². The van der Waals surface area contributed by atoms with E-state index in [4.69, 9.17) is 4.84 Å². The van der Waals surface area contributed by atoms with Crippen LogP contribution in [-0.2, 0) is 17.9 Å². The van der Waals surface area contributed by atoms with E-state index in [0.29, 0.717) is 19.6 Å². The number of hydroxylamine groups is 2. The Bertz CT molecular complexity index is 673. The second kappa shape index (κ2) is 8.86. The van der Waals surface area contributed by atoms with Crippen LogP contribution < -0.4 is 5.32 Å². The standard InChI is InChI=1S/C21H28N2O2/c1-2-3-4-5-6-7-14-22-21(24)25-23-15-18-12-8-10-17-11-9-13-19(16-23)20(17)18/h8-13H,2-7,14-16H2,1H3,(H,22,24). The molecule has 3 rings (SSSR count). The fourth-order valence-corrected chi connectivity index (χ4v) is 3.51. The van der Waals surface area contributed by atoms with E-state index in [-0.39, 0.29) is 6.09 Å². The van der Waals surface area contributed by atoms with Gasteiger partial charge < -0.3 is 10.2 Å². The SMILES string of the molecule is CCCCCCCCNC(=O)ON1Cc2cccc3cccc(c23)C1. The Balaban J connectivity index is 1.44. The molecule has 0 unspecified atom stereocenters. The van der Waals surface area contributed by atoms with Crippen LogP contribution in [0, 0.1) is 0 Å². The predicted octanol–water partition coefficient (Wildman–Crippen LogP) is 5.16. The van der Waals surface area contributed by atoms with E-state index >= 15 is 0 Å². The lowest BCUT2D eigenvalue weighted by Crippen LogP contribution is -2.35. The summed E-state index contributed by atoms with van der Waals surface area (Å²) >= 11 is 0. The second-order valence-corrected chi connectivity index (χ2v) is 6.80. The minimum Gasteiger partial charge on any atom is -0.350 e. The van der Waals surface area contributed by atoms with Crippen LogP contribution in [0.5, 0.6) is 0 Å². The summed E-state index contributed by atoms with van der Waals surface area (Å²) in [6.45, 7) is 4.18. The molecule has 0 aliphatic carbocycles. The van der Waals surface area contributed by atoms with Crippen LogP contribution in [0.4, 0.5) is 4.79 Å². The molecule has 1 aliphatic rings. The van der Waals surface area contributed by atoms with Gasteiger partial charge in [-0.15, -0.1) is 5.06 Å². The molecule has 25 heavy (non-hydrogen) atoms. The number of nitrogens with zero attached hydrogens (tertiary/aromatic N) is 1. The molecule has 134 valence electrons. The highest BCUT2D eigenvalue weighted by Crippen LogP contribution is 2.29. The van der Waals surface area contributed by atoms with Crippen LogP contribution in [0.15, 0.2) is 36.4 Å². The monoisotopic (exact) mass is 340 g/mol. The molecule has 0 atom stereocenters. The third kappa shape index (κ3) is 4.73. The summed E-state index contributed by atoms with van der Waals surface area (Å²) in [5.41, 5.74) is 2.42. The first-order chi connectivity index (χ1) is 12.3. The van der Waals surface area contributed by atoms with E-state index in [2.05, 4.69) is 48.6 Å². The van der Waals surface area contributed by atoms with Crippen LogP contribution in [0.1, 0.15) is 56.6 Å². The van der Waals surface area contributed by atoms with Crippen molar-refractivity contribution in [3.8, 4) is 0 Å². The Hall–Kier alpha value is -2.07. The van der Waals surface area contributed by atoms with Crippen LogP contribution in [0.25, 0.3) is 10.8 Å². The van der Waals surface area contributed by atoms with E-state index < -0.39 is 0 Å². The number of carbonyl (C=O) groups excluding carboxylic acids is 1. The number of amides is 1. The quantitative estimate of drug-likeness (QED) is 0.675. The molecule has 4 heteroatoms. The van der Waals surface area contributed by atoms with Gasteiger partial charge >= 0.3 is 6.09 Å². The van der Waals surface area contributed by atoms with E-state index in [1.54, 1.807) is 5.06 Å². The van der Waals surface area contributed by atoms with E-state index in [9.17, 15) is 4.79 Å². The number of unbranched alkanes of at least 4 members (excludes halogenated alkanes) is 5. The largest absolute Gasteiger partial charge is 0.426 e. The van der Waals surface area contributed by atoms with Gasteiger partial charge in [0.1, 0.15) is 0 Å². The molecule has 0 fully saturated rings. The van der Waals surface area contributed by atoms with Gasteiger partial charge in [0, 0.05) is 6.54 Å². The topological polar surface area (TPSA) is 41.6 Å². The van der Waals surface area contributed by atoms with E-state index in [1.807, 2.05) is 0 Å². The molecule has 2 aromatic carbocycles. The van der Waals surface area contributed by atoms with Crippen molar-refractivity contribution in [3.63, 3.8) is 0 Å². The Morgan fingerprint density at radius 2 is 1.64 bits per heavy atom. The number of hydrogen-bond donors (Lipinski definition) is 1. The maximum atomic E-state index is 12.0. The maximum Gasteiger partial charge on any atom is 0.426 e. The van der Waals surface area contributed by atoms with Gasteiger partial charge in [-0.05, 0) is 28.3 Å². The fourth-order valence-electron chi connectivity index (χ4n) is 3.51.